The molecule has 3 aliphatic carbocycles. The summed E-state index contributed by atoms with van der Waals surface area (Å²) in [4.78, 5) is 0. The molecule has 0 bridgehead atoms. The van der Waals surface area contributed by atoms with Crippen LogP contribution in [0.5, 0.6) is 0 Å². The highest BCUT2D eigenvalue weighted by atomic mass is 14.4. The molecule has 36 heavy (non-hydrogen) atoms. The fourth-order valence-electron chi connectivity index (χ4n) is 7.31. The molecule has 0 amide bonds. The van der Waals surface area contributed by atoms with Gasteiger partial charge in [0.15, 0.2) is 0 Å². The molecule has 0 radical (unpaired) electrons. The van der Waals surface area contributed by atoms with Crippen molar-refractivity contribution in [3.8, 4) is 0 Å². The second kappa shape index (κ2) is 11.0. The third-order valence-corrected chi connectivity index (χ3v) is 10.2. The number of nitrogens with one attached hydrogen (secondary N) is 1. The van der Waals surface area contributed by atoms with Crippen LogP contribution >= 0.6 is 0 Å². The lowest BCUT2D eigenvalue weighted by Crippen LogP contribution is -2.34. The molecule has 1 nitrogen and oxygen atoms in total. The lowest BCUT2D eigenvalue weighted by molar-refractivity contribution is 0.232. The Morgan fingerprint density at radius 1 is 0.972 bits per heavy atom. The summed E-state index contributed by atoms with van der Waals surface area (Å²) in [6, 6.07) is 5.10. The van der Waals surface area contributed by atoms with Gasteiger partial charge >= 0.3 is 0 Å². The first-order valence-electron chi connectivity index (χ1n) is 15.0. The average Bonchev–Trinajstić information content (AvgIpc) is 3.25. The molecule has 198 valence electrons. The Morgan fingerprint density at radius 3 is 2.31 bits per heavy atom. The topological polar surface area (TPSA) is 23.9 Å². The van der Waals surface area contributed by atoms with Gasteiger partial charge < -0.3 is 5.41 Å². The molecule has 1 fully saturated rings. The van der Waals surface area contributed by atoms with Crippen molar-refractivity contribution in [3.63, 3.8) is 0 Å². The van der Waals surface area contributed by atoms with Crippen LogP contribution in [-0.4, -0.2) is 5.71 Å². The SMILES string of the molecule is CC(=N)C(C)CC1CCCC(CCCC2=CC=C(Cc3cc4c(cc3C)C(C)(C)CCC4(C)C)C2)C1. The molecule has 4 rings (SSSR count). The number of aryl methyl sites for hydroxylation is 1. The Labute approximate surface area is 222 Å². The first-order chi connectivity index (χ1) is 16.9. The van der Waals surface area contributed by atoms with Crippen LogP contribution in [0.25, 0.3) is 0 Å². The van der Waals surface area contributed by atoms with E-state index in [0.29, 0.717) is 11.3 Å². The van der Waals surface area contributed by atoms with Gasteiger partial charge in [0.1, 0.15) is 0 Å². The molecule has 1 aromatic carbocycles. The Balaban J connectivity index is 1.27. The van der Waals surface area contributed by atoms with E-state index in [1.54, 1.807) is 27.8 Å². The molecule has 3 atom stereocenters. The number of hydrogen-bond donors (Lipinski definition) is 1. The van der Waals surface area contributed by atoms with E-state index >= 15 is 0 Å². The van der Waals surface area contributed by atoms with E-state index in [0.717, 1.165) is 24.0 Å². The van der Waals surface area contributed by atoms with Gasteiger partial charge in [0, 0.05) is 5.71 Å². The van der Waals surface area contributed by atoms with Gasteiger partial charge in [0.25, 0.3) is 0 Å². The number of fused-ring (bicyclic) bond motifs is 1. The normalized spacial score (nSPS) is 25.6. The zero-order valence-electron chi connectivity index (χ0n) is 24.5. The summed E-state index contributed by atoms with van der Waals surface area (Å²) in [5, 5.41) is 7.94. The molecule has 3 aliphatic rings. The second-order valence-corrected chi connectivity index (χ2v) is 14.2. The van der Waals surface area contributed by atoms with E-state index in [9.17, 15) is 0 Å². The van der Waals surface area contributed by atoms with Gasteiger partial charge in [-0.2, -0.15) is 0 Å². The minimum Gasteiger partial charge on any atom is -0.310 e. The summed E-state index contributed by atoms with van der Waals surface area (Å²) in [5.41, 5.74) is 10.9. The zero-order chi connectivity index (χ0) is 26.1. The van der Waals surface area contributed by atoms with Crippen molar-refractivity contribution in [2.75, 3.05) is 0 Å². The Bertz CT molecular complexity index is 1020. The molecule has 0 spiro atoms. The molecule has 0 aromatic heterocycles. The Hall–Kier alpha value is -1.63. The smallest absolute Gasteiger partial charge is 0.00864 e. The first-order valence-corrected chi connectivity index (χ1v) is 15.0. The van der Waals surface area contributed by atoms with E-state index in [2.05, 4.69) is 65.8 Å². The molecular weight excluding hydrogens is 434 g/mol. The summed E-state index contributed by atoms with van der Waals surface area (Å²) in [6.45, 7) is 16.3. The minimum atomic E-state index is 0.287. The van der Waals surface area contributed by atoms with Crippen molar-refractivity contribution < 1.29 is 0 Å². The number of allylic oxidation sites excluding steroid dienone is 4. The van der Waals surface area contributed by atoms with Crippen molar-refractivity contribution in [1.29, 1.82) is 5.41 Å². The number of hydrogen-bond acceptors (Lipinski definition) is 1. The molecule has 3 unspecified atom stereocenters. The summed E-state index contributed by atoms with van der Waals surface area (Å²) < 4.78 is 0. The van der Waals surface area contributed by atoms with Gasteiger partial charge in [-0.1, -0.05) is 95.7 Å². The van der Waals surface area contributed by atoms with Gasteiger partial charge in [0.05, 0.1) is 0 Å². The number of rotatable bonds is 9. The van der Waals surface area contributed by atoms with Gasteiger partial charge in [-0.05, 0) is 116 Å². The van der Waals surface area contributed by atoms with Gasteiger partial charge in [-0.25, -0.2) is 0 Å². The van der Waals surface area contributed by atoms with Crippen LogP contribution in [0, 0.1) is 30.1 Å². The molecule has 0 saturated heterocycles. The highest BCUT2D eigenvalue weighted by molar-refractivity contribution is 5.80. The lowest BCUT2D eigenvalue weighted by Gasteiger charge is -2.42. The maximum atomic E-state index is 7.94. The minimum absolute atomic E-state index is 0.287. The Morgan fingerprint density at radius 2 is 1.61 bits per heavy atom. The first kappa shape index (κ1) is 27.4. The van der Waals surface area contributed by atoms with E-state index in [4.69, 9.17) is 5.41 Å². The van der Waals surface area contributed by atoms with E-state index in [1.807, 2.05) is 6.92 Å². The highest BCUT2D eigenvalue weighted by Crippen LogP contribution is 2.47. The van der Waals surface area contributed by atoms with Crippen LogP contribution in [0.2, 0.25) is 0 Å². The van der Waals surface area contributed by atoms with Crippen molar-refractivity contribution in [2.24, 2.45) is 17.8 Å². The predicted octanol–water partition coefficient (Wildman–Crippen LogP) is 10.2. The van der Waals surface area contributed by atoms with Gasteiger partial charge in [-0.3, -0.25) is 0 Å². The van der Waals surface area contributed by atoms with Crippen molar-refractivity contribution >= 4 is 5.71 Å². The number of benzene rings is 1. The fraction of sp³-hybridized carbons (Fsp3) is 0.686. The molecule has 0 aliphatic heterocycles. The zero-order valence-corrected chi connectivity index (χ0v) is 24.5. The molecule has 1 saturated carbocycles. The van der Waals surface area contributed by atoms with Crippen LogP contribution < -0.4 is 0 Å². The summed E-state index contributed by atoms with van der Waals surface area (Å²) in [5.74, 6) is 2.24. The molecule has 1 heteroatoms. The quantitative estimate of drug-likeness (QED) is 0.335. The average molecular weight is 488 g/mol. The van der Waals surface area contributed by atoms with E-state index in [-0.39, 0.29) is 5.41 Å². The van der Waals surface area contributed by atoms with Crippen molar-refractivity contribution in [2.45, 2.75) is 136 Å². The van der Waals surface area contributed by atoms with Crippen LogP contribution in [0.3, 0.4) is 0 Å². The third kappa shape index (κ3) is 6.43. The predicted molar refractivity (Wildman–Crippen MR) is 157 cm³/mol. The van der Waals surface area contributed by atoms with E-state index in [1.165, 1.54) is 76.2 Å². The molecule has 1 aromatic rings. The third-order valence-electron chi connectivity index (χ3n) is 10.2. The van der Waals surface area contributed by atoms with Crippen LogP contribution in [0.4, 0.5) is 0 Å². The maximum absolute atomic E-state index is 7.94. The van der Waals surface area contributed by atoms with Crippen LogP contribution in [0.15, 0.2) is 35.4 Å². The van der Waals surface area contributed by atoms with Crippen LogP contribution in [-0.2, 0) is 17.3 Å². The summed E-state index contributed by atoms with van der Waals surface area (Å²) >= 11 is 0. The summed E-state index contributed by atoms with van der Waals surface area (Å²) in [7, 11) is 0. The standard InChI is InChI=1S/C35H53N/c1-24(26(3)36)18-29-13-9-11-27(20-29)10-8-12-28-14-15-30(21-28)22-31-23-33-32(19-25(31)2)34(4,5)16-17-35(33,6)7/h14-15,19,23-24,27,29,36H,8-13,16-18,20-22H2,1-7H3. The second-order valence-electron chi connectivity index (χ2n) is 14.2. The Kier molecular flexibility index (Phi) is 8.38. The maximum Gasteiger partial charge on any atom is 0.00864 e. The van der Waals surface area contributed by atoms with E-state index < -0.39 is 0 Å². The monoisotopic (exact) mass is 487 g/mol. The van der Waals surface area contributed by atoms with Gasteiger partial charge in [0.2, 0.25) is 0 Å². The molecule has 1 N–H and O–H groups in total. The molecular formula is C35H53N. The fourth-order valence-corrected chi connectivity index (χ4v) is 7.31. The van der Waals surface area contributed by atoms with Crippen LogP contribution in [0.1, 0.15) is 134 Å². The summed E-state index contributed by atoms with van der Waals surface area (Å²) in [6.07, 6.45) is 20.6. The van der Waals surface area contributed by atoms with Crippen molar-refractivity contribution in [3.05, 3.63) is 57.7 Å². The largest absolute Gasteiger partial charge is 0.310 e. The highest BCUT2D eigenvalue weighted by Gasteiger charge is 2.37. The van der Waals surface area contributed by atoms with Crippen molar-refractivity contribution in [1.82, 2.24) is 0 Å². The van der Waals surface area contributed by atoms with Gasteiger partial charge in [-0.15, -0.1) is 0 Å². The molecule has 0 heterocycles. The lowest BCUT2D eigenvalue weighted by atomic mass is 9.62.